The van der Waals surface area contributed by atoms with Gasteiger partial charge in [0.15, 0.2) is 0 Å². The zero-order chi connectivity index (χ0) is 16.9. The van der Waals surface area contributed by atoms with Crippen molar-refractivity contribution in [3.8, 4) is 0 Å². The van der Waals surface area contributed by atoms with Crippen LogP contribution < -0.4 is 5.32 Å². The first kappa shape index (κ1) is 17.9. The van der Waals surface area contributed by atoms with Gasteiger partial charge < -0.3 is 5.32 Å². The molecule has 2 fully saturated rings. The van der Waals surface area contributed by atoms with Gasteiger partial charge in [-0.3, -0.25) is 4.79 Å². The Hall–Kier alpha value is -0.910. The normalized spacial score (nSPS) is 24.5. The van der Waals surface area contributed by atoms with Crippen LogP contribution in [0.5, 0.6) is 0 Å². The molecule has 1 aromatic carbocycles. The highest BCUT2D eigenvalue weighted by Gasteiger charge is 2.30. The number of hydrogen-bond donors (Lipinski definition) is 1. The van der Waals surface area contributed by atoms with Crippen LogP contribution in [0, 0.1) is 5.92 Å². The molecular weight excluding hydrogens is 344 g/mol. The Morgan fingerprint density at radius 1 is 1.08 bits per heavy atom. The maximum Gasteiger partial charge on any atom is 0.224 e. The third-order valence-corrected chi connectivity index (χ3v) is 6.68. The summed E-state index contributed by atoms with van der Waals surface area (Å²) < 4.78 is 14.6. The van der Waals surface area contributed by atoms with Crippen molar-refractivity contribution in [2.45, 2.75) is 55.9 Å². The van der Waals surface area contributed by atoms with Gasteiger partial charge in [0.2, 0.25) is 5.91 Å². The molecule has 3 rings (SSSR count). The first-order valence-electron chi connectivity index (χ1n) is 8.86. The van der Waals surface area contributed by atoms with Gasteiger partial charge in [-0.05, 0) is 49.9 Å². The summed E-state index contributed by atoms with van der Waals surface area (Å²) in [5, 5.41) is 3.85. The van der Waals surface area contributed by atoms with Crippen LogP contribution in [-0.4, -0.2) is 33.6 Å². The number of amides is 1. The third kappa shape index (κ3) is 4.58. The van der Waals surface area contributed by atoms with Gasteiger partial charge in [-0.2, -0.15) is 0 Å². The molecule has 1 aliphatic heterocycles. The molecule has 1 heterocycles. The number of hydrogen-bond acceptors (Lipinski definition) is 2. The van der Waals surface area contributed by atoms with E-state index < -0.39 is 11.0 Å². The third-order valence-electron chi connectivity index (χ3n) is 4.96. The Morgan fingerprint density at radius 2 is 1.79 bits per heavy atom. The van der Waals surface area contributed by atoms with E-state index in [2.05, 4.69) is 5.32 Å². The van der Waals surface area contributed by atoms with Crippen molar-refractivity contribution in [2.24, 2.45) is 5.92 Å². The fourth-order valence-electron chi connectivity index (χ4n) is 3.57. The lowest BCUT2D eigenvalue weighted by atomic mass is 9.93. The van der Waals surface area contributed by atoms with Gasteiger partial charge in [0, 0.05) is 24.2 Å². The Bertz CT molecular complexity index is 587. The van der Waals surface area contributed by atoms with E-state index in [-0.39, 0.29) is 11.8 Å². The van der Waals surface area contributed by atoms with Crippen LogP contribution in [0.25, 0.3) is 0 Å². The summed E-state index contributed by atoms with van der Waals surface area (Å²) in [5.41, 5.74) is 0. The molecule has 24 heavy (non-hydrogen) atoms. The molecule has 0 radical (unpaired) electrons. The second-order valence-electron chi connectivity index (χ2n) is 6.77. The standard InChI is InChI=1S/C18H25ClN2O2S/c19-15-8-10-17(11-9-15)24(23)21-12-4-5-14(13-21)18(22)20-16-6-2-1-3-7-16/h8-11,14,16H,1-7,12-13H2,(H,20,22). The fourth-order valence-corrected chi connectivity index (χ4v) is 4.98. The molecule has 132 valence electrons. The minimum absolute atomic E-state index is 0.0584. The molecule has 4 nitrogen and oxygen atoms in total. The van der Waals surface area contributed by atoms with Crippen molar-refractivity contribution in [1.82, 2.24) is 9.62 Å². The molecule has 2 unspecified atom stereocenters. The van der Waals surface area contributed by atoms with Gasteiger partial charge >= 0.3 is 0 Å². The van der Waals surface area contributed by atoms with Crippen LogP contribution in [0.1, 0.15) is 44.9 Å². The smallest absolute Gasteiger partial charge is 0.224 e. The highest BCUT2D eigenvalue weighted by atomic mass is 35.5. The largest absolute Gasteiger partial charge is 0.353 e. The fraction of sp³-hybridized carbons (Fsp3) is 0.611. The van der Waals surface area contributed by atoms with E-state index in [1.807, 2.05) is 4.31 Å². The van der Waals surface area contributed by atoms with Crippen LogP contribution in [0.2, 0.25) is 5.02 Å². The van der Waals surface area contributed by atoms with E-state index in [0.717, 1.165) is 37.1 Å². The van der Waals surface area contributed by atoms with Crippen LogP contribution in [0.15, 0.2) is 29.2 Å². The molecule has 1 aromatic rings. The van der Waals surface area contributed by atoms with Crippen LogP contribution in [0.4, 0.5) is 0 Å². The predicted octanol–water partition coefficient (Wildman–Crippen LogP) is 3.52. The van der Waals surface area contributed by atoms with Gasteiger partial charge in [0.05, 0.1) is 10.8 Å². The number of carbonyl (C=O) groups excluding carboxylic acids is 1. The Kier molecular flexibility index (Phi) is 6.31. The molecule has 1 saturated carbocycles. The van der Waals surface area contributed by atoms with Crippen molar-refractivity contribution in [3.05, 3.63) is 29.3 Å². The molecule has 1 N–H and O–H groups in total. The number of halogens is 1. The van der Waals surface area contributed by atoms with E-state index in [1.54, 1.807) is 24.3 Å². The van der Waals surface area contributed by atoms with E-state index in [9.17, 15) is 9.00 Å². The number of piperidine rings is 1. The number of nitrogens with one attached hydrogen (secondary N) is 1. The van der Waals surface area contributed by atoms with Crippen molar-refractivity contribution in [2.75, 3.05) is 13.1 Å². The zero-order valence-electron chi connectivity index (χ0n) is 13.9. The zero-order valence-corrected chi connectivity index (χ0v) is 15.5. The molecule has 0 aromatic heterocycles. The quantitative estimate of drug-likeness (QED) is 0.883. The molecular formula is C18H25ClN2O2S. The van der Waals surface area contributed by atoms with Gasteiger partial charge in [-0.25, -0.2) is 8.51 Å². The van der Waals surface area contributed by atoms with E-state index in [1.165, 1.54) is 19.3 Å². The summed E-state index contributed by atoms with van der Waals surface area (Å²) in [6.45, 7) is 1.33. The molecule has 1 amide bonds. The number of rotatable bonds is 4. The molecule has 2 aliphatic rings. The molecule has 0 bridgehead atoms. The highest BCUT2D eigenvalue weighted by Crippen LogP contribution is 2.24. The second-order valence-corrected chi connectivity index (χ2v) is 8.70. The van der Waals surface area contributed by atoms with Gasteiger partial charge in [0.25, 0.3) is 0 Å². The minimum Gasteiger partial charge on any atom is -0.353 e. The van der Waals surface area contributed by atoms with E-state index in [0.29, 0.717) is 17.6 Å². The Labute approximate surface area is 151 Å². The SMILES string of the molecule is O=C(NC1CCCCC1)C1CCCN(S(=O)c2ccc(Cl)cc2)C1. The van der Waals surface area contributed by atoms with Gasteiger partial charge in [-0.15, -0.1) is 0 Å². The van der Waals surface area contributed by atoms with E-state index in [4.69, 9.17) is 11.6 Å². The predicted molar refractivity (Wildman–Crippen MR) is 97.2 cm³/mol. The summed E-state index contributed by atoms with van der Waals surface area (Å²) in [4.78, 5) is 13.3. The number of benzene rings is 1. The van der Waals surface area contributed by atoms with Gasteiger partial charge in [-0.1, -0.05) is 30.9 Å². The second kappa shape index (κ2) is 8.45. The summed E-state index contributed by atoms with van der Waals surface area (Å²) in [5.74, 6) is 0.0802. The van der Waals surface area contributed by atoms with Crippen LogP contribution in [-0.2, 0) is 15.8 Å². The first-order valence-corrected chi connectivity index (χ1v) is 10.3. The van der Waals surface area contributed by atoms with Crippen molar-refractivity contribution < 1.29 is 9.00 Å². The molecule has 0 spiro atoms. The monoisotopic (exact) mass is 368 g/mol. The Balaban J connectivity index is 1.58. The number of carbonyl (C=O) groups is 1. The first-order chi connectivity index (χ1) is 11.6. The lowest BCUT2D eigenvalue weighted by Gasteiger charge is -2.32. The van der Waals surface area contributed by atoms with Crippen molar-refractivity contribution >= 4 is 28.5 Å². The summed E-state index contributed by atoms with van der Waals surface area (Å²) >= 11 is 5.89. The lowest BCUT2D eigenvalue weighted by Crippen LogP contribution is -2.46. The highest BCUT2D eigenvalue weighted by molar-refractivity contribution is 7.82. The van der Waals surface area contributed by atoms with Crippen molar-refractivity contribution in [1.29, 1.82) is 0 Å². The van der Waals surface area contributed by atoms with Crippen molar-refractivity contribution in [3.63, 3.8) is 0 Å². The summed E-state index contributed by atoms with van der Waals surface area (Å²) in [6, 6.07) is 7.44. The average Bonchev–Trinajstić information content (AvgIpc) is 2.63. The molecule has 1 aliphatic carbocycles. The molecule has 2 atom stereocenters. The lowest BCUT2D eigenvalue weighted by molar-refractivity contribution is -0.127. The number of nitrogens with zero attached hydrogens (tertiary/aromatic N) is 1. The maximum atomic E-state index is 12.7. The summed E-state index contributed by atoms with van der Waals surface area (Å²) in [6.07, 6.45) is 7.68. The van der Waals surface area contributed by atoms with Gasteiger partial charge in [0.1, 0.15) is 11.0 Å². The average molecular weight is 369 g/mol. The minimum atomic E-state index is -1.23. The molecule has 1 saturated heterocycles. The topological polar surface area (TPSA) is 49.4 Å². The summed E-state index contributed by atoms with van der Waals surface area (Å²) in [7, 11) is -1.23. The van der Waals surface area contributed by atoms with Crippen LogP contribution in [0.3, 0.4) is 0 Å². The maximum absolute atomic E-state index is 12.7. The van der Waals surface area contributed by atoms with E-state index >= 15 is 0 Å². The molecule has 6 heteroatoms. The van der Waals surface area contributed by atoms with Crippen LogP contribution >= 0.6 is 11.6 Å². The Morgan fingerprint density at radius 3 is 2.50 bits per heavy atom.